The second-order valence-corrected chi connectivity index (χ2v) is 4.14. The van der Waals surface area contributed by atoms with Crippen LogP contribution in [0.25, 0.3) is 11.1 Å². The molecular formula is C15H12FN. The maximum absolute atomic E-state index is 13.9. The van der Waals surface area contributed by atoms with E-state index in [1.165, 1.54) is 6.07 Å². The van der Waals surface area contributed by atoms with Crippen LogP contribution in [0.15, 0.2) is 36.4 Å². The van der Waals surface area contributed by atoms with Crippen molar-refractivity contribution in [1.82, 2.24) is 0 Å². The second kappa shape index (κ2) is 4.39. The van der Waals surface area contributed by atoms with E-state index < -0.39 is 0 Å². The van der Waals surface area contributed by atoms with Gasteiger partial charge >= 0.3 is 0 Å². The smallest absolute Gasteiger partial charge is 0.131 e. The van der Waals surface area contributed by atoms with Crippen molar-refractivity contribution in [2.45, 2.75) is 13.8 Å². The summed E-state index contributed by atoms with van der Waals surface area (Å²) in [6.45, 7) is 3.77. The average Bonchev–Trinajstić information content (AvgIpc) is 2.29. The minimum Gasteiger partial charge on any atom is -0.206 e. The van der Waals surface area contributed by atoms with Gasteiger partial charge in [-0.05, 0) is 31.5 Å². The van der Waals surface area contributed by atoms with E-state index in [2.05, 4.69) is 6.07 Å². The van der Waals surface area contributed by atoms with Gasteiger partial charge in [0.1, 0.15) is 5.82 Å². The lowest BCUT2D eigenvalue weighted by atomic mass is 9.97. The Balaban J connectivity index is 2.68. The Hall–Kier alpha value is -2.14. The first-order valence-electron chi connectivity index (χ1n) is 5.39. The van der Waals surface area contributed by atoms with Gasteiger partial charge in [0.25, 0.3) is 0 Å². The van der Waals surface area contributed by atoms with Gasteiger partial charge < -0.3 is 0 Å². The molecule has 0 bridgehead atoms. The molecule has 2 heteroatoms. The summed E-state index contributed by atoms with van der Waals surface area (Å²) in [5.41, 5.74) is 3.52. The molecule has 0 aromatic heterocycles. The molecule has 0 fully saturated rings. The number of aryl methyl sites for hydroxylation is 2. The molecule has 0 radical (unpaired) electrons. The predicted molar refractivity (Wildman–Crippen MR) is 66.0 cm³/mol. The van der Waals surface area contributed by atoms with Crippen LogP contribution >= 0.6 is 0 Å². The summed E-state index contributed by atoms with van der Waals surface area (Å²) in [4.78, 5) is 0. The highest BCUT2D eigenvalue weighted by molar-refractivity contribution is 5.71. The molecule has 0 heterocycles. The van der Waals surface area contributed by atoms with Crippen molar-refractivity contribution in [2.75, 3.05) is 0 Å². The maximum atomic E-state index is 13.9. The summed E-state index contributed by atoms with van der Waals surface area (Å²) in [5.74, 6) is -0.285. The lowest BCUT2D eigenvalue weighted by Crippen LogP contribution is -1.90. The Morgan fingerprint density at radius 2 is 1.59 bits per heavy atom. The summed E-state index contributed by atoms with van der Waals surface area (Å²) < 4.78 is 13.9. The number of benzene rings is 2. The van der Waals surface area contributed by atoms with Crippen LogP contribution in [0.1, 0.15) is 16.7 Å². The number of hydrogen-bond donors (Lipinski definition) is 0. The van der Waals surface area contributed by atoms with Crippen LogP contribution in [0.4, 0.5) is 4.39 Å². The molecule has 0 unspecified atom stereocenters. The fourth-order valence-corrected chi connectivity index (χ4v) is 1.82. The fraction of sp³-hybridized carbons (Fsp3) is 0.133. The van der Waals surface area contributed by atoms with Crippen LogP contribution in [-0.2, 0) is 0 Å². The van der Waals surface area contributed by atoms with E-state index in [1.807, 2.05) is 32.0 Å². The van der Waals surface area contributed by atoms with E-state index in [0.717, 1.165) is 11.1 Å². The lowest BCUT2D eigenvalue weighted by molar-refractivity contribution is 0.630. The Bertz CT molecular complexity index is 609. The van der Waals surface area contributed by atoms with Gasteiger partial charge in [-0.1, -0.05) is 29.8 Å². The van der Waals surface area contributed by atoms with Crippen molar-refractivity contribution in [3.63, 3.8) is 0 Å². The number of nitriles is 1. The molecule has 17 heavy (non-hydrogen) atoms. The summed E-state index contributed by atoms with van der Waals surface area (Å²) >= 11 is 0. The van der Waals surface area contributed by atoms with Crippen LogP contribution < -0.4 is 0 Å². The van der Waals surface area contributed by atoms with E-state index in [-0.39, 0.29) is 5.82 Å². The van der Waals surface area contributed by atoms with Gasteiger partial charge in [-0.25, -0.2) is 4.39 Å². The molecule has 1 nitrogen and oxygen atoms in total. The first kappa shape index (κ1) is 11.3. The molecule has 0 saturated carbocycles. The van der Waals surface area contributed by atoms with Crippen LogP contribution in [0.3, 0.4) is 0 Å². The number of hydrogen-bond acceptors (Lipinski definition) is 1. The van der Waals surface area contributed by atoms with Crippen LogP contribution in [0.5, 0.6) is 0 Å². The SMILES string of the molecule is Cc1ccc(-c2cc(C)ccc2C#N)c(F)c1. The van der Waals surface area contributed by atoms with Crippen LogP contribution in [0, 0.1) is 31.0 Å². The van der Waals surface area contributed by atoms with Crippen molar-refractivity contribution in [3.05, 3.63) is 58.9 Å². The summed E-state index contributed by atoms with van der Waals surface area (Å²) in [6, 6.07) is 12.6. The largest absolute Gasteiger partial charge is 0.206 e. The highest BCUT2D eigenvalue weighted by Crippen LogP contribution is 2.27. The number of halogens is 1. The highest BCUT2D eigenvalue weighted by atomic mass is 19.1. The van der Waals surface area contributed by atoms with Crippen molar-refractivity contribution >= 4 is 0 Å². The van der Waals surface area contributed by atoms with Crippen molar-refractivity contribution in [3.8, 4) is 17.2 Å². The number of rotatable bonds is 1. The Morgan fingerprint density at radius 1 is 0.941 bits per heavy atom. The normalized spacial score (nSPS) is 10.0. The average molecular weight is 225 g/mol. The molecule has 0 spiro atoms. The zero-order chi connectivity index (χ0) is 12.4. The monoisotopic (exact) mass is 225 g/mol. The summed E-state index contributed by atoms with van der Waals surface area (Å²) in [5, 5.41) is 9.04. The Labute approximate surface area is 100 Å². The molecule has 2 rings (SSSR count). The predicted octanol–water partition coefficient (Wildman–Crippen LogP) is 3.98. The third-order valence-electron chi connectivity index (χ3n) is 2.71. The van der Waals surface area contributed by atoms with Crippen molar-refractivity contribution < 1.29 is 4.39 Å². The molecule has 0 amide bonds. The first-order chi connectivity index (χ1) is 8.11. The minimum atomic E-state index is -0.285. The van der Waals surface area contributed by atoms with Gasteiger partial charge in [0, 0.05) is 11.1 Å². The first-order valence-corrected chi connectivity index (χ1v) is 5.39. The second-order valence-electron chi connectivity index (χ2n) is 4.14. The molecule has 0 N–H and O–H groups in total. The quantitative estimate of drug-likeness (QED) is 0.720. The van der Waals surface area contributed by atoms with Crippen LogP contribution in [0.2, 0.25) is 0 Å². The molecule has 2 aromatic carbocycles. The zero-order valence-corrected chi connectivity index (χ0v) is 9.79. The van der Waals surface area contributed by atoms with Gasteiger partial charge in [-0.2, -0.15) is 5.26 Å². The van der Waals surface area contributed by atoms with E-state index >= 15 is 0 Å². The summed E-state index contributed by atoms with van der Waals surface area (Å²) in [6.07, 6.45) is 0. The lowest BCUT2D eigenvalue weighted by Gasteiger charge is -2.07. The molecule has 0 saturated heterocycles. The maximum Gasteiger partial charge on any atom is 0.131 e. The number of nitrogens with zero attached hydrogens (tertiary/aromatic N) is 1. The topological polar surface area (TPSA) is 23.8 Å². The Morgan fingerprint density at radius 3 is 2.24 bits per heavy atom. The van der Waals surface area contributed by atoms with E-state index in [9.17, 15) is 4.39 Å². The van der Waals surface area contributed by atoms with Gasteiger partial charge in [0.15, 0.2) is 0 Å². The van der Waals surface area contributed by atoms with Crippen LogP contribution in [-0.4, -0.2) is 0 Å². The molecule has 0 aliphatic rings. The van der Waals surface area contributed by atoms with E-state index in [0.29, 0.717) is 16.7 Å². The van der Waals surface area contributed by atoms with Gasteiger partial charge in [0.2, 0.25) is 0 Å². The molecule has 0 atom stereocenters. The van der Waals surface area contributed by atoms with E-state index in [4.69, 9.17) is 5.26 Å². The minimum absolute atomic E-state index is 0.285. The third-order valence-corrected chi connectivity index (χ3v) is 2.71. The van der Waals surface area contributed by atoms with E-state index in [1.54, 1.807) is 12.1 Å². The van der Waals surface area contributed by atoms with Gasteiger partial charge in [-0.15, -0.1) is 0 Å². The molecule has 84 valence electrons. The van der Waals surface area contributed by atoms with Gasteiger partial charge in [0.05, 0.1) is 11.6 Å². The molecular weight excluding hydrogens is 213 g/mol. The molecule has 2 aromatic rings. The standard InChI is InChI=1S/C15H12FN/c1-10-3-5-12(9-17)14(7-10)13-6-4-11(2)8-15(13)16/h3-8H,1-2H3. The van der Waals surface area contributed by atoms with Crippen molar-refractivity contribution in [1.29, 1.82) is 5.26 Å². The zero-order valence-electron chi connectivity index (χ0n) is 9.79. The molecule has 0 aliphatic carbocycles. The molecule has 0 aliphatic heterocycles. The van der Waals surface area contributed by atoms with Gasteiger partial charge in [-0.3, -0.25) is 0 Å². The highest BCUT2D eigenvalue weighted by Gasteiger charge is 2.09. The summed E-state index contributed by atoms with van der Waals surface area (Å²) in [7, 11) is 0. The van der Waals surface area contributed by atoms with Crippen molar-refractivity contribution in [2.24, 2.45) is 0 Å². The fourth-order valence-electron chi connectivity index (χ4n) is 1.82. The Kier molecular flexibility index (Phi) is 2.93. The third kappa shape index (κ3) is 2.19.